The van der Waals surface area contributed by atoms with Crippen molar-refractivity contribution in [3.8, 4) is 23.0 Å². The highest BCUT2D eigenvalue weighted by atomic mass is 79.9. The van der Waals surface area contributed by atoms with Gasteiger partial charge in [-0.3, -0.25) is 9.78 Å². The number of methoxy groups -OCH3 is 2. The van der Waals surface area contributed by atoms with Crippen molar-refractivity contribution in [2.75, 3.05) is 24.9 Å². The molecule has 11 heteroatoms. The fourth-order valence-corrected chi connectivity index (χ4v) is 4.45. The number of carbonyl (C=O) groups is 1. The third-order valence-electron chi connectivity index (χ3n) is 5.86. The van der Waals surface area contributed by atoms with Gasteiger partial charge in [-0.1, -0.05) is 11.6 Å². The third kappa shape index (κ3) is 5.93. The Morgan fingerprint density at radius 1 is 0.900 bits per heavy atom. The number of nitrogens with one attached hydrogen (secondary N) is 2. The van der Waals surface area contributed by atoms with Crippen molar-refractivity contribution in [1.82, 2.24) is 9.97 Å². The first kappa shape index (κ1) is 27.2. The molecular weight excluding hydrogens is 603 g/mol. The van der Waals surface area contributed by atoms with Crippen LogP contribution in [0, 0.1) is 5.82 Å². The molecular formula is C29H21BrClFN4O4. The average molecular weight is 624 g/mol. The van der Waals surface area contributed by atoms with Gasteiger partial charge in [-0.25, -0.2) is 9.37 Å². The van der Waals surface area contributed by atoms with Gasteiger partial charge in [0.05, 0.1) is 35.5 Å². The van der Waals surface area contributed by atoms with E-state index in [-0.39, 0.29) is 15.2 Å². The van der Waals surface area contributed by atoms with E-state index >= 15 is 0 Å². The van der Waals surface area contributed by atoms with Crippen molar-refractivity contribution in [3.63, 3.8) is 0 Å². The van der Waals surface area contributed by atoms with Crippen LogP contribution >= 0.6 is 27.5 Å². The maximum Gasteiger partial charge on any atom is 0.259 e. The first-order valence-electron chi connectivity index (χ1n) is 11.8. The Morgan fingerprint density at radius 2 is 1.62 bits per heavy atom. The zero-order valence-corrected chi connectivity index (χ0v) is 23.5. The molecule has 202 valence electrons. The fraction of sp³-hybridized carbons (Fsp3) is 0.0690. The number of anilines is 3. The van der Waals surface area contributed by atoms with Crippen molar-refractivity contribution in [1.29, 1.82) is 0 Å². The van der Waals surface area contributed by atoms with Gasteiger partial charge in [0.15, 0.2) is 11.5 Å². The number of amides is 1. The zero-order valence-electron chi connectivity index (χ0n) is 21.2. The largest absolute Gasteiger partial charge is 0.493 e. The molecule has 3 aromatic carbocycles. The molecule has 0 fully saturated rings. The van der Waals surface area contributed by atoms with Crippen LogP contribution < -0.4 is 24.8 Å². The van der Waals surface area contributed by atoms with Gasteiger partial charge in [-0.15, -0.1) is 0 Å². The van der Waals surface area contributed by atoms with Crippen molar-refractivity contribution in [2.24, 2.45) is 0 Å². The summed E-state index contributed by atoms with van der Waals surface area (Å²) in [5.41, 5.74) is 2.44. The monoisotopic (exact) mass is 622 g/mol. The second-order valence-electron chi connectivity index (χ2n) is 8.42. The molecule has 0 unspecified atom stereocenters. The van der Waals surface area contributed by atoms with Gasteiger partial charge in [0.1, 0.15) is 22.5 Å². The minimum atomic E-state index is -0.414. The first-order chi connectivity index (χ1) is 19.3. The van der Waals surface area contributed by atoms with Crippen LogP contribution in [-0.4, -0.2) is 30.1 Å². The van der Waals surface area contributed by atoms with E-state index < -0.39 is 11.7 Å². The highest BCUT2D eigenvalue weighted by Gasteiger charge is 2.15. The zero-order chi connectivity index (χ0) is 28.2. The molecule has 2 heterocycles. The number of halogens is 3. The van der Waals surface area contributed by atoms with E-state index in [4.69, 9.17) is 25.8 Å². The Bertz CT molecular complexity index is 1720. The number of hydrogen-bond acceptors (Lipinski definition) is 7. The van der Waals surface area contributed by atoms with Crippen LogP contribution in [0.5, 0.6) is 23.0 Å². The predicted molar refractivity (Wildman–Crippen MR) is 156 cm³/mol. The normalized spacial score (nSPS) is 10.7. The summed E-state index contributed by atoms with van der Waals surface area (Å²) < 4.78 is 30.8. The van der Waals surface area contributed by atoms with E-state index in [9.17, 15) is 9.18 Å². The van der Waals surface area contributed by atoms with Crippen LogP contribution in [-0.2, 0) is 0 Å². The van der Waals surface area contributed by atoms with Gasteiger partial charge in [0.25, 0.3) is 5.91 Å². The summed E-state index contributed by atoms with van der Waals surface area (Å²) in [5, 5.41) is 6.88. The van der Waals surface area contributed by atoms with Gasteiger partial charge in [-0.2, -0.15) is 0 Å². The average Bonchev–Trinajstić information content (AvgIpc) is 2.95. The van der Waals surface area contributed by atoms with E-state index in [1.165, 1.54) is 18.3 Å². The third-order valence-corrected chi connectivity index (χ3v) is 6.68. The molecule has 8 nitrogen and oxygen atoms in total. The summed E-state index contributed by atoms with van der Waals surface area (Å²) in [7, 11) is 3.13. The van der Waals surface area contributed by atoms with E-state index in [1.807, 2.05) is 6.07 Å². The molecule has 40 heavy (non-hydrogen) atoms. The number of nitrogens with zero attached hydrogens (tertiary/aromatic N) is 2. The molecule has 2 N–H and O–H groups in total. The Hall–Kier alpha value is -4.41. The number of hydrogen-bond donors (Lipinski definition) is 2. The number of rotatable bonds is 8. The van der Waals surface area contributed by atoms with Crippen LogP contribution in [0.4, 0.5) is 21.5 Å². The van der Waals surface area contributed by atoms with Gasteiger partial charge >= 0.3 is 0 Å². The molecule has 1 amide bonds. The quantitative estimate of drug-likeness (QED) is 0.169. The number of fused-ring (bicyclic) bond motifs is 1. The second-order valence-corrected chi connectivity index (χ2v) is 9.66. The molecule has 0 radical (unpaired) electrons. The summed E-state index contributed by atoms with van der Waals surface area (Å²) in [6, 6.07) is 18.2. The minimum Gasteiger partial charge on any atom is -0.493 e. The molecule has 0 atom stereocenters. The van der Waals surface area contributed by atoms with Crippen LogP contribution in [0.25, 0.3) is 10.9 Å². The summed E-state index contributed by atoms with van der Waals surface area (Å²) in [5.74, 6) is 1.45. The highest BCUT2D eigenvalue weighted by Crippen LogP contribution is 2.37. The molecule has 0 aliphatic rings. The van der Waals surface area contributed by atoms with E-state index in [0.29, 0.717) is 45.6 Å². The van der Waals surface area contributed by atoms with E-state index in [1.54, 1.807) is 68.9 Å². The maximum atomic E-state index is 13.6. The topological polar surface area (TPSA) is 94.6 Å². The van der Waals surface area contributed by atoms with Gasteiger partial charge < -0.3 is 24.8 Å². The minimum absolute atomic E-state index is 0.196. The number of aromatic nitrogens is 2. The molecule has 0 bridgehead atoms. The van der Waals surface area contributed by atoms with Crippen LogP contribution in [0.3, 0.4) is 0 Å². The Labute approximate surface area is 242 Å². The molecule has 0 saturated heterocycles. The SMILES string of the molecule is COc1cc2nccc(Oc3ccc(NC(=O)c4cnc(Cl)cc4Nc4ccc(F)c(Br)c4)cc3)c2cc1OC. The van der Waals surface area contributed by atoms with Crippen molar-refractivity contribution in [3.05, 3.63) is 100 Å². The van der Waals surface area contributed by atoms with Crippen LogP contribution in [0.1, 0.15) is 10.4 Å². The van der Waals surface area contributed by atoms with Crippen molar-refractivity contribution < 1.29 is 23.4 Å². The molecule has 5 aromatic rings. The summed E-state index contributed by atoms with van der Waals surface area (Å²) in [4.78, 5) is 21.6. The van der Waals surface area contributed by atoms with Crippen molar-refractivity contribution >= 4 is 61.4 Å². The molecule has 0 aliphatic carbocycles. The molecule has 5 rings (SSSR count). The molecule has 2 aromatic heterocycles. The molecule has 0 saturated carbocycles. The highest BCUT2D eigenvalue weighted by molar-refractivity contribution is 9.10. The Morgan fingerprint density at radius 3 is 2.35 bits per heavy atom. The first-order valence-corrected chi connectivity index (χ1v) is 13.0. The van der Waals surface area contributed by atoms with Crippen molar-refractivity contribution in [2.45, 2.75) is 0 Å². The second kappa shape index (κ2) is 11.8. The Kier molecular flexibility index (Phi) is 7.99. The number of pyridine rings is 2. The lowest BCUT2D eigenvalue weighted by molar-refractivity contribution is 0.102. The Balaban J connectivity index is 1.33. The molecule has 0 aliphatic heterocycles. The summed E-state index contributed by atoms with van der Waals surface area (Å²) >= 11 is 9.23. The molecule has 0 spiro atoms. The predicted octanol–water partition coefficient (Wildman–Crippen LogP) is 7.99. The van der Waals surface area contributed by atoms with Gasteiger partial charge in [-0.05, 0) is 76.6 Å². The number of carbonyl (C=O) groups excluding carboxylic acids is 1. The lowest BCUT2D eigenvalue weighted by atomic mass is 10.1. The lowest BCUT2D eigenvalue weighted by Gasteiger charge is -2.14. The fourth-order valence-electron chi connectivity index (χ4n) is 3.91. The summed E-state index contributed by atoms with van der Waals surface area (Å²) in [6.07, 6.45) is 3.02. The maximum absolute atomic E-state index is 13.6. The lowest BCUT2D eigenvalue weighted by Crippen LogP contribution is -2.14. The standard InChI is InChI=1S/C29H21BrClFN4O4/c1-38-26-12-19-23(13-27(26)39-2)33-10-9-25(19)40-18-6-3-16(4-7-18)36-29(37)20-15-34-28(31)14-24(20)35-17-5-8-22(32)21(30)11-17/h3-15H,1-2H3,(H,34,35)(H,36,37). The number of benzene rings is 3. The van der Waals surface area contributed by atoms with Crippen LogP contribution in [0.15, 0.2) is 83.6 Å². The van der Waals surface area contributed by atoms with Crippen LogP contribution in [0.2, 0.25) is 5.15 Å². The summed E-state index contributed by atoms with van der Waals surface area (Å²) in [6.45, 7) is 0. The van der Waals surface area contributed by atoms with E-state index in [0.717, 1.165) is 5.39 Å². The van der Waals surface area contributed by atoms with Gasteiger partial charge in [0, 0.05) is 35.2 Å². The number of ether oxygens (including phenoxy) is 3. The van der Waals surface area contributed by atoms with E-state index in [2.05, 4.69) is 36.5 Å². The smallest absolute Gasteiger partial charge is 0.259 e. The van der Waals surface area contributed by atoms with Gasteiger partial charge in [0.2, 0.25) is 0 Å².